The van der Waals surface area contributed by atoms with Gasteiger partial charge in [0.25, 0.3) is 5.91 Å². The number of piperidine rings is 1. The predicted molar refractivity (Wildman–Crippen MR) is 111 cm³/mol. The van der Waals surface area contributed by atoms with Crippen LogP contribution in [0.2, 0.25) is 0 Å². The summed E-state index contributed by atoms with van der Waals surface area (Å²) in [5.74, 6) is -5.06. The number of pyridine rings is 1. The Kier molecular flexibility index (Phi) is 10.1. The predicted octanol–water partition coefficient (Wildman–Crippen LogP) is 3.62. The molecule has 4 rings (SSSR count). The van der Waals surface area contributed by atoms with Crippen LogP contribution in [0.1, 0.15) is 47.0 Å². The molecular weight excluding hydrogens is 537 g/mol. The van der Waals surface area contributed by atoms with Gasteiger partial charge in [-0.3, -0.25) is 14.7 Å². The van der Waals surface area contributed by atoms with Crippen LogP contribution in [0.5, 0.6) is 0 Å². The van der Waals surface area contributed by atoms with Gasteiger partial charge in [-0.15, -0.1) is 0 Å². The molecule has 0 aromatic carbocycles. The van der Waals surface area contributed by atoms with Gasteiger partial charge in [-0.05, 0) is 32.0 Å². The number of nitrogens with zero attached hydrogens (tertiary/aromatic N) is 4. The number of oxazole rings is 1. The first-order valence-corrected chi connectivity index (χ1v) is 10.8. The van der Waals surface area contributed by atoms with Gasteiger partial charge >= 0.3 is 24.3 Å². The Morgan fingerprint density at radius 2 is 1.50 bits per heavy atom. The van der Waals surface area contributed by atoms with E-state index in [9.17, 15) is 35.5 Å². The summed E-state index contributed by atoms with van der Waals surface area (Å²) in [6.45, 7) is 3.58. The third-order valence-corrected chi connectivity index (χ3v) is 5.08. The van der Waals surface area contributed by atoms with Gasteiger partial charge < -0.3 is 19.5 Å². The van der Waals surface area contributed by atoms with E-state index < -0.39 is 30.1 Å². The summed E-state index contributed by atoms with van der Waals surface area (Å²) < 4.78 is 83.0. The summed E-state index contributed by atoms with van der Waals surface area (Å²) >= 11 is 0. The van der Waals surface area contributed by atoms with Crippen LogP contribution in [0.15, 0.2) is 22.9 Å². The summed E-state index contributed by atoms with van der Waals surface area (Å²) in [6.07, 6.45) is -3.96. The third-order valence-electron chi connectivity index (χ3n) is 5.08. The van der Waals surface area contributed by atoms with E-state index >= 15 is 0 Å². The highest BCUT2D eigenvalue weighted by molar-refractivity contribution is 5.94. The van der Waals surface area contributed by atoms with Gasteiger partial charge in [-0.25, -0.2) is 19.0 Å². The highest BCUT2D eigenvalue weighted by Crippen LogP contribution is 2.26. The van der Waals surface area contributed by atoms with Crippen LogP contribution >= 0.6 is 0 Å². The topological polar surface area (TPSA) is 137 Å². The summed E-state index contributed by atoms with van der Waals surface area (Å²) in [6, 6.07) is 1.40. The van der Waals surface area contributed by atoms with Crippen molar-refractivity contribution >= 4 is 17.8 Å². The number of rotatable bonds is 3. The molecule has 0 atom stereocenters. The first-order chi connectivity index (χ1) is 17.6. The number of amides is 1. The van der Waals surface area contributed by atoms with Gasteiger partial charge in [-0.2, -0.15) is 26.3 Å². The molecule has 17 heteroatoms. The molecule has 2 aromatic heterocycles. The van der Waals surface area contributed by atoms with Crippen LogP contribution in [0.25, 0.3) is 0 Å². The molecule has 2 aliphatic heterocycles. The Morgan fingerprint density at radius 1 is 0.947 bits per heavy atom. The number of carbonyl (C=O) groups is 3. The molecule has 0 aliphatic carbocycles. The minimum Gasteiger partial charge on any atom is -0.475 e. The van der Waals surface area contributed by atoms with Crippen LogP contribution in [0.3, 0.4) is 0 Å². The Bertz CT molecular complexity index is 1080. The normalized spacial score (nSPS) is 15.5. The van der Waals surface area contributed by atoms with Crippen molar-refractivity contribution < 1.29 is 59.7 Å². The van der Waals surface area contributed by atoms with Crippen molar-refractivity contribution in [2.45, 2.75) is 51.2 Å². The van der Waals surface area contributed by atoms with E-state index in [1.54, 1.807) is 4.90 Å². The molecule has 0 radical (unpaired) electrons. The maximum atomic E-state index is 13.7. The SMILES string of the molecule is O=C(O)C(F)(F)F.O=C(O)C(F)(F)F.O=C(c1ccncc1F)N1Cc2nc(CN3CCCCC3)oc2C1. The van der Waals surface area contributed by atoms with Crippen molar-refractivity contribution in [2.75, 3.05) is 13.1 Å². The van der Waals surface area contributed by atoms with Crippen molar-refractivity contribution in [1.29, 1.82) is 0 Å². The monoisotopic (exact) mass is 558 g/mol. The van der Waals surface area contributed by atoms with Crippen LogP contribution in [-0.4, -0.2) is 73.3 Å². The minimum atomic E-state index is -5.08. The zero-order valence-corrected chi connectivity index (χ0v) is 19.4. The molecule has 0 saturated carbocycles. The molecule has 1 saturated heterocycles. The van der Waals surface area contributed by atoms with Crippen LogP contribution < -0.4 is 0 Å². The van der Waals surface area contributed by atoms with Crippen molar-refractivity contribution in [2.24, 2.45) is 0 Å². The number of fused-ring (bicyclic) bond motifs is 1. The lowest BCUT2D eigenvalue weighted by Crippen LogP contribution is -2.29. The lowest BCUT2D eigenvalue weighted by molar-refractivity contribution is -0.193. The number of halogens is 7. The number of hydrogen-bond acceptors (Lipinski definition) is 7. The molecule has 2 aromatic rings. The molecule has 0 spiro atoms. The zero-order chi connectivity index (χ0) is 28.7. The van der Waals surface area contributed by atoms with Gasteiger partial charge in [0.1, 0.15) is 11.5 Å². The number of alkyl halides is 6. The third kappa shape index (κ3) is 8.97. The standard InChI is InChI=1S/C17H19FN4O2.2C2HF3O2/c18-13-8-19-5-4-12(13)17(23)22-9-14-15(10-22)24-16(20-14)11-21-6-2-1-3-7-21;2*3-2(4,5)1(6)7/h4-5,8H,1-3,6-7,9-11H2;2*(H,6,7). The highest BCUT2D eigenvalue weighted by Gasteiger charge is 2.39. The van der Waals surface area contributed by atoms with E-state index in [0.717, 1.165) is 31.5 Å². The summed E-state index contributed by atoms with van der Waals surface area (Å²) in [4.78, 5) is 42.3. The lowest BCUT2D eigenvalue weighted by atomic mass is 10.1. The molecule has 1 amide bonds. The number of likely N-dealkylation sites (tertiary alicyclic amines) is 1. The zero-order valence-electron chi connectivity index (χ0n) is 19.4. The molecule has 4 heterocycles. The fourth-order valence-electron chi connectivity index (χ4n) is 3.33. The summed E-state index contributed by atoms with van der Waals surface area (Å²) in [7, 11) is 0. The van der Waals surface area contributed by atoms with Gasteiger partial charge in [0.2, 0.25) is 5.89 Å². The number of carboxylic acids is 2. The van der Waals surface area contributed by atoms with E-state index in [4.69, 9.17) is 24.2 Å². The Balaban J connectivity index is 0.000000301. The minimum absolute atomic E-state index is 0.0312. The second-order valence-corrected chi connectivity index (χ2v) is 7.94. The fraction of sp³-hybridized carbons (Fsp3) is 0.476. The van der Waals surface area contributed by atoms with Gasteiger partial charge in [0, 0.05) is 6.20 Å². The van der Waals surface area contributed by atoms with Crippen molar-refractivity contribution in [3.63, 3.8) is 0 Å². The second-order valence-electron chi connectivity index (χ2n) is 7.94. The average molecular weight is 558 g/mol. The largest absolute Gasteiger partial charge is 0.490 e. The smallest absolute Gasteiger partial charge is 0.475 e. The second kappa shape index (κ2) is 12.7. The van der Waals surface area contributed by atoms with Gasteiger partial charge in [0.05, 0.1) is 31.4 Å². The molecular formula is C21H21F7N4O6. The molecule has 0 bridgehead atoms. The number of carboxylic acid groups (broad SMARTS) is 2. The fourth-order valence-corrected chi connectivity index (χ4v) is 3.33. The number of hydrogen-bond donors (Lipinski definition) is 2. The van der Waals surface area contributed by atoms with E-state index in [-0.39, 0.29) is 11.5 Å². The maximum absolute atomic E-state index is 13.7. The lowest BCUT2D eigenvalue weighted by Gasteiger charge is -2.24. The van der Waals surface area contributed by atoms with Crippen LogP contribution in [-0.2, 0) is 29.2 Å². The quantitative estimate of drug-likeness (QED) is 0.542. The van der Waals surface area contributed by atoms with E-state index in [0.29, 0.717) is 24.7 Å². The van der Waals surface area contributed by atoms with E-state index in [2.05, 4.69) is 14.9 Å². The molecule has 10 nitrogen and oxygen atoms in total. The van der Waals surface area contributed by atoms with E-state index in [1.807, 2.05) is 0 Å². The average Bonchev–Trinajstić information content (AvgIpc) is 3.38. The highest BCUT2D eigenvalue weighted by atomic mass is 19.4. The Labute approximate surface area is 209 Å². The summed E-state index contributed by atoms with van der Waals surface area (Å²) in [5.41, 5.74) is 0.813. The van der Waals surface area contributed by atoms with E-state index in [1.165, 1.54) is 31.5 Å². The van der Waals surface area contributed by atoms with Crippen molar-refractivity contribution in [3.8, 4) is 0 Å². The van der Waals surface area contributed by atoms with Gasteiger partial charge in [-0.1, -0.05) is 6.42 Å². The van der Waals surface area contributed by atoms with Gasteiger partial charge in [0.15, 0.2) is 5.82 Å². The Hall–Kier alpha value is -3.76. The molecule has 1 fully saturated rings. The van der Waals surface area contributed by atoms with Crippen LogP contribution in [0.4, 0.5) is 30.7 Å². The van der Waals surface area contributed by atoms with Crippen molar-refractivity contribution in [3.05, 3.63) is 47.2 Å². The number of carbonyl (C=O) groups excluding carboxylic acids is 1. The molecule has 0 unspecified atom stereocenters. The first kappa shape index (κ1) is 30.5. The molecule has 38 heavy (non-hydrogen) atoms. The first-order valence-electron chi connectivity index (χ1n) is 10.8. The molecule has 2 aliphatic rings. The maximum Gasteiger partial charge on any atom is 0.490 e. The number of aliphatic carboxylic acids is 2. The number of aromatic nitrogens is 2. The summed E-state index contributed by atoms with van der Waals surface area (Å²) in [5, 5.41) is 14.2. The molecule has 2 N–H and O–H groups in total. The van der Waals surface area contributed by atoms with Crippen LogP contribution in [0, 0.1) is 5.82 Å². The van der Waals surface area contributed by atoms with Crippen molar-refractivity contribution in [1.82, 2.24) is 19.8 Å². The Morgan fingerprint density at radius 3 is 1.97 bits per heavy atom. The molecule has 210 valence electrons.